The molecule has 0 aliphatic carbocycles. The molecular formula is C20H24F2N6. The van der Waals surface area contributed by atoms with Gasteiger partial charge in [0.25, 0.3) is 0 Å². The molecule has 0 spiro atoms. The molecule has 8 heteroatoms. The Balaban J connectivity index is 1.72. The number of rotatable bonds is 3. The first-order chi connectivity index (χ1) is 13.3. The summed E-state index contributed by atoms with van der Waals surface area (Å²) < 4.78 is 30.3. The topological polar surface area (TPSA) is 67.1 Å². The van der Waals surface area contributed by atoms with E-state index in [1.807, 2.05) is 10.6 Å². The molecule has 4 heterocycles. The number of halogens is 2. The highest BCUT2D eigenvalue weighted by Gasteiger charge is 2.25. The van der Waals surface area contributed by atoms with Crippen LogP contribution in [-0.2, 0) is 5.41 Å². The van der Waals surface area contributed by atoms with Gasteiger partial charge in [-0.3, -0.25) is 9.38 Å². The lowest BCUT2D eigenvalue weighted by atomic mass is 9.93. The molecule has 6 nitrogen and oxygen atoms in total. The van der Waals surface area contributed by atoms with Crippen molar-refractivity contribution in [2.75, 3.05) is 18.4 Å². The summed E-state index contributed by atoms with van der Waals surface area (Å²) in [6.07, 6.45) is 4.68. The lowest BCUT2D eigenvalue weighted by Crippen LogP contribution is -2.46. The van der Waals surface area contributed by atoms with Crippen LogP contribution in [0.25, 0.3) is 17.0 Å². The molecule has 1 saturated heterocycles. The van der Waals surface area contributed by atoms with Gasteiger partial charge < -0.3 is 10.6 Å². The van der Waals surface area contributed by atoms with Gasteiger partial charge in [0.05, 0.1) is 35.5 Å². The van der Waals surface area contributed by atoms with Gasteiger partial charge in [0.1, 0.15) is 17.8 Å². The fourth-order valence-corrected chi connectivity index (χ4v) is 3.33. The summed E-state index contributed by atoms with van der Waals surface area (Å²) in [4.78, 5) is 13.3. The van der Waals surface area contributed by atoms with Crippen molar-refractivity contribution >= 4 is 11.5 Å². The Morgan fingerprint density at radius 1 is 1.21 bits per heavy atom. The molecule has 0 radical (unpaired) electrons. The van der Waals surface area contributed by atoms with E-state index in [0.29, 0.717) is 42.4 Å². The van der Waals surface area contributed by atoms with Crippen LogP contribution in [0.15, 0.2) is 30.7 Å². The van der Waals surface area contributed by atoms with Crippen LogP contribution in [0.3, 0.4) is 0 Å². The van der Waals surface area contributed by atoms with Gasteiger partial charge in [0.2, 0.25) is 0 Å². The van der Waals surface area contributed by atoms with Crippen molar-refractivity contribution in [2.24, 2.45) is 0 Å². The second kappa shape index (κ2) is 7.09. The second-order valence-electron chi connectivity index (χ2n) is 8.21. The Bertz CT molecular complexity index is 994. The molecule has 148 valence electrons. The Kier molecular flexibility index (Phi) is 4.74. The second-order valence-corrected chi connectivity index (χ2v) is 8.21. The zero-order valence-electron chi connectivity index (χ0n) is 16.2. The summed E-state index contributed by atoms with van der Waals surface area (Å²) in [6, 6.07) is 2.21. The van der Waals surface area contributed by atoms with Crippen LogP contribution < -0.4 is 10.6 Å². The molecular weight excluding hydrogens is 362 g/mol. The summed E-state index contributed by atoms with van der Waals surface area (Å²) in [7, 11) is 0. The normalized spacial score (nSPS) is 20.5. The van der Waals surface area contributed by atoms with Crippen molar-refractivity contribution in [1.82, 2.24) is 24.7 Å². The van der Waals surface area contributed by atoms with E-state index in [9.17, 15) is 8.78 Å². The summed E-state index contributed by atoms with van der Waals surface area (Å²) in [5, 5.41) is 6.17. The minimum atomic E-state index is -0.994. The Labute approximate surface area is 162 Å². The van der Waals surface area contributed by atoms with Crippen molar-refractivity contribution in [1.29, 1.82) is 0 Å². The Hall–Kier alpha value is -2.61. The molecule has 1 fully saturated rings. The third-order valence-corrected chi connectivity index (χ3v) is 4.95. The van der Waals surface area contributed by atoms with Crippen LogP contribution in [0.5, 0.6) is 0 Å². The minimum Gasteiger partial charge on any atom is -0.363 e. The molecule has 2 N–H and O–H groups in total. The predicted molar refractivity (Wildman–Crippen MR) is 105 cm³/mol. The van der Waals surface area contributed by atoms with Crippen molar-refractivity contribution in [3.8, 4) is 11.4 Å². The highest BCUT2D eigenvalue weighted by molar-refractivity contribution is 5.62. The Morgan fingerprint density at radius 2 is 2.04 bits per heavy atom. The van der Waals surface area contributed by atoms with Crippen LogP contribution in [0, 0.1) is 5.82 Å². The van der Waals surface area contributed by atoms with Crippen molar-refractivity contribution < 1.29 is 8.78 Å². The number of imidazole rings is 1. The zero-order chi connectivity index (χ0) is 19.9. The maximum atomic E-state index is 14.3. The maximum Gasteiger partial charge on any atom is 0.155 e. The van der Waals surface area contributed by atoms with E-state index in [1.54, 1.807) is 12.4 Å². The van der Waals surface area contributed by atoms with E-state index in [2.05, 4.69) is 46.4 Å². The first-order valence-corrected chi connectivity index (χ1v) is 9.44. The molecule has 0 amide bonds. The van der Waals surface area contributed by atoms with E-state index < -0.39 is 18.0 Å². The van der Waals surface area contributed by atoms with E-state index >= 15 is 0 Å². The van der Waals surface area contributed by atoms with Gasteiger partial charge in [-0.05, 0) is 13.0 Å². The SMILES string of the molecule is CC(C)(C)c1cn2c(-c3cc(F)cc(NC4CNCCC4F)n3)cnc2cn1. The number of hydrogen-bond acceptors (Lipinski definition) is 5. The van der Waals surface area contributed by atoms with E-state index in [4.69, 9.17) is 0 Å². The first kappa shape index (κ1) is 18.7. The number of hydrogen-bond donors (Lipinski definition) is 2. The first-order valence-electron chi connectivity index (χ1n) is 9.44. The lowest BCUT2D eigenvalue weighted by molar-refractivity contribution is 0.241. The van der Waals surface area contributed by atoms with Crippen LogP contribution in [0.2, 0.25) is 0 Å². The van der Waals surface area contributed by atoms with Gasteiger partial charge in [-0.25, -0.2) is 18.7 Å². The molecule has 0 saturated carbocycles. The van der Waals surface area contributed by atoms with Crippen molar-refractivity contribution in [3.63, 3.8) is 0 Å². The van der Waals surface area contributed by atoms with Crippen LogP contribution in [0.4, 0.5) is 14.6 Å². The van der Waals surface area contributed by atoms with Gasteiger partial charge in [0, 0.05) is 30.3 Å². The van der Waals surface area contributed by atoms with Gasteiger partial charge in [-0.1, -0.05) is 20.8 Å². The molecule has 0 aromatic carbocycles. The smallest absolute Gasteiger partial charge is 0.155 e. The molecule has 1 aliphatic rings. The highest BCUT2D eigenvalue weighted by atomic mass is 19.1. The molecule has 2 unspecified atom stereocenters. The molecule has 2 atom stereocenters. The van der Waals surface area contributed by atoms with E-state index in [-0.39, 0.29) is 5.41 Å². The molecule has 1 aliphatic heterocycles. The monoisotopic (exact) mass is 386 g/mol. The Morgan fingerprint density at radius 3 is 2.79 bits per heavy atom. The van der Waals surface area contributed by atoms with Gasteiger partial charge in [-0.2, -0.15) is 0 Å². The third kappa shape index (κ3) is 3.69. The van der Waals surface area contributed by atoms with Crippen molar-refractivity contribution in [2.45, 2.75) is 44.8 Å². The summed E-state index contributed by atoms with van der Waals surface area (Å²) in [5.41, 5.74) is 2.50. The number of nitrogens with one attached hydrogen (secondary N) is 2. The molecule has 4 rings (SSSR count). The highest BCUT2D eigenvalue weighted by Crippen LogP contribution is 2.26. The third-order valence-electron chi connectivity index (χ3n) is 4.95. The number of aromatic nitrogens is 4. The maximum absolute atomic E-state index is 14.3. The molecule has 3 aromatic rings. The average Bonchev–Trinajstić information content (AvgIpc) is 3.06. The number of fused-ring (bicyclic) bond motifs is 1. The number of alkyl halides is 1. The fraction of sp³-hybridized carbons (Fsp3) is 0.450. The van der Waals surface area contributed by atoms with Gasteiger partial charge in [0.15, 0.2) is 5.65 Å². The number of pyridine rings is 1. The van der Waals surface area contributed by atoms with Gasteiger partial charge >= 0.3 is 0 Å². The molecule has 28 heavy (non-hydrogen) atoms. The van der Waals surface area contributed by atoms with E-state index in [0.717, 1.165) is 5.69 Å². The quantitative estimate of drug-likeness (QED) is 0.723. The summed E-state index contributed by atoms with van der Waals surface area (Å²) in [6.45, 7) is 7.35. The number of nitrogens with zero attached hydrogens (tertiary/aromatic N) is 4. The van der Waals surface area contributed by atoms with Crippen LogP contribution >= 0.6 is 0 Å². The summed E-state index contributed by atoms with van der Waals surface area (Å²) >= 11 is 0. The summed E-state index contributed by atoms with van der Waals surface area (Å²) in [5.74, 6) is -0.127. The predicted octanol–water partition coefficient (Wildman–Crippen LogP) is 3.34. The van der Waals surface area contributed by atoms with Crippen LogP contribution in [0.1, 0.15) is 32.9 Å². The fourth-order valence-electron chi connectivity index (χ4n) is 3.33. The number of piperidine rings is 1. The standard InChI is InChI=1S/C20H24F2N6/c1-20(2,3)17-11-28-16(9-25-19(28)10-24-17)14-6-12(21)7-18(26-14)27-15-8-23-5-4-13(15)22/h6-7,9-11,13,15,23H,4-5,8H2,1-3H3,(H,26,27). The zero-order valence-corrected chi connectivity index (χ0v) is 16.2. The lowest BCUT2D eigenvalue weighted by Gasteiger charge is -2.28. The van der Waals surface area contributed by atoms with Gasteiger partial charge in [-0.15, -0.1) is 0 Å². The minimum absolute atomic E-state index is 0.137. The molecule has 3 aromatic heterocycles. The van der Waals surface area contributed by atoms with Crippen molar-refractivity contribution in [3.05, 3.63) is 42.2 Å². The average molecular weight is 386 g/mol. The van der Waals surface area contributed by atoms with E-state index in [1.165, 1.54) is 12.1 Å². The van der Waals surface area contributed by atoms with Crippen LogP contribution in [-0.4, -0.2) is 44.7 Å². The molecule has 0 bridgehead atoms. The largest absolute Gasteiger partial charge is 0.363 e. The number of anilines is 1.